The number of nitrogens with one attached hydrogen (secondary N) is 1. The summed E-state index contributed by atoms with van der Waals surface area (Å²) in [6.45, 7) is 5.66. The largest absolute Gasteiger partial charge is 0.320 e. The number of benzene rings is 2. The van der Waals surface area contributed by atoms with Crippen LogP contribution in [0, 0.1) is 0 Å². The van der Waals surface area contributed by atoms with Crippen molar-refractivity contribution in [2.45, 2.75) is 25.7 Å². The van der Waals surface area contributed by atoms with Crippen molar-refractivity contribution < 1.29 is 9.59 Å². The van der Waals surface area contributed by atoms with Gasteiger partial charge in [0.1, 0.15) is 0 Å². The Labute approximate surface area is 178 Å². The van der Waals surface area contributed by atoms with Crippen LogP contribution in [0.3, 0.4) is 0 Å². The number of amides is 2. The Bertz CT molecular complexity index is 906. The molecule has 158 valence electrons. The number of fused-ring (bicyclic) bond motifs is 2. The van der Waals surface area contributed by atoms with E-state index in [0.717, 1.165) is 57.7 Å². The van der Waals surface area contributed by atoms with Crippen LogP contribution in [0.2, 0.25) is 0 Å². The Morgan fingerprint density at radius 1 is 0.900 bits per heavy atom. The molecule has 2 aliphatic rings. The summed E-state index contributed by atoms with van der Waals surface area (Å²) in [6.07, 6.45) is 3.48. The minimum absolute atomic E-state index is 0.0333. The number of piperazine rings is 1. The monoisotopic (exact) mass is 406 g/mol. The van der Waals surface area contributed by atoms with E-state index >= 15 is 0 Å². The highest BCUT2D eigenvalue weighted by Crippen LogP contribution is 2.38. The number of hydrogen-bond acceptors (Lipinski definition) is 4. The SMILES string of the molecule is CN1CCN(CCCCCC(=O)N2c3ccccc3NC(=O)c3ccccc32)CC1. The van der Waals surface area contributed by atoms with Gasteiger partial charge in [0, 0.05) is 32.6 Å². The third-order valence-corrected chi connectivity index (χ3v) is 5.99. The predicted molar refractivity (Wildman–Crippen MR) is 120 cm³/mol. The summed E-state index contributed by atoms with van der Waals surface area (Å²) in [6, 6.07) is 14.8. The van der Waals surface area contributed by atoms with Crippen molar-refractivity contribution in [3.63, 3.8) is 0 Å². The summed E-state index contributed by atoms with van der Waals surface area (Å²) in [5.74, 6) is -0.147. The molecule has 2 aromatic rings. The van der Waals surface area contributed by atoms with Crippen molar-refractivity contribution >= 4 is 28.9 Å². The average Bonchev–Trinajstić information content (AvgIpc) is 2.88. The van der Waals surface area contributed by atoms with Gasteiger partial charge >= 0.3 is 0 Å². The summed E-state index contributed by atoms with van der Waals surface area (Å²) in [7, 11) is 2.17. The quantitative estimate of drug-likeness (QED) is 0.743. The summed E-state index contributed by atoms with van der Waals surface area (Å²) >= 11 is 0. The van der Waals surface area contributed by atoms with Crippen LogP contribution in [-0.2, 0) is 4.79 Å². The number of carbonyl (C=O) groups is 2. The molecule has 0 saturated carbocycles. The molecule has 0 spiro atoms. The van der Waals surface area contributed by atoms with Crippen LogP contribution in [0.25, 0.3) is 0 Å². The zero-order valence-corrected chi connectivity index (χ0v) is 17.6. The van der Waals surface area contributed by atoms with Crippen LogP contribution in [0.4, 0.5) is 17.1 Å². The van der Waals surface area contributed by atoms with Crippen LogP contribution in [-0.4, -0.2) is 61.4 Å². The standard InChI is InChI=1S/C24H30N4O2/c1-26-15-17-27(18-16-26)14-8-2-3-13-23(29)28-21-11-6-4-9-19(21)24(30)25-20-10-5-7-12-22(20)28/h4-7,9-12H,2-3,8,13-18H2,1H3,(H,25,30). The molecule has 0 bridgehead atoms. The summed E-state index contributed by atoms with van der Waals surface area (Å²) < 4.78 is 0. The molecule has 4 rings (SSSR count). The number of hydrogen-bond donors (Lipinski definition) is 1. The molecule has 1 N–H and O–H groups in total. The van der Waals surface area contributed by atoms with E-state index in [1.54, 1.807) is 11.0 Å². The highest BCUT2D eigenvalue weighted by Gasteiger charge is 2.28. The van der Waals surface area contributed by atoms with E-state index in [1.165, 1.54) is 0 Å². The van der Waals surface area contributed by atoms with Crippen LogP contribution in [0.1, 0.15) is 36.0 Å². The second-order valence-electron chi connectivity index (χ2n) is 8.17. The Morgan fingerprint density at radius 2 is 1.60 bits per heavy atom. The maximum Gasteiger partial charge on any atom is 0.257 e. The molecule has 0 aliphatic carbocycles. The Morgan fingerprint density at radius 3 is 2.40 bits per heavy atom. The van der Waals surface area contributed by atoms with Gasteiger partial charge in [0.2, 0.25) is 5.91 Å². The van der Waals surface area contributed by atoms with E-state index in [9.17, 15) is 9.59 Å². The molecule has 2 aliphatic heterocycles. The molecule has 30 heavy (non-hydrogen) atoms. The fraction of sp³-hybridized carbons (Fsp3) is 0.417. The Balaban J connectivity index is 1.40. The molecule has 0 radical (unpaired) electrons. The second kappa shape index (κ2) is 9.41. The number of likely N-dealkylation sites (N-methyl/N-ethyl adjacent to an activating group) is 1. The third kappa shape index (κ3) is 4.55. The van der Waals surface area contributed by atoms with Crippen molar-refractivity contribution in [1.29, 1.82) is 0 Å². The van der Waals surface area contributed by atoms with Crippen molar-refractivity contribution in [3.05, 3.63) is 54.1 Å². The maximum atomic E-state index is 13.3. The van der Waals surface area contributed by atoms with Crippen LogP contribution >= 0.6 is 0 Å². The number of anilines is 3. The Kier molecular flexibility index (Phi) is 6.45. The van der Waals surface area contributed by atoms with E-state index in [0.29, 0.717) is 23.4 Å². The first-order valence-electron chi connectivity index (χ1n) is 10.9. The molecule has 2 amide bonds. The van der Waals surface area contributed by atoms with Crippen LogP contribution < -0.4 is 10.2 Å². The molecule has 0 aromatic heterocycles. The molecule has 0 unspecified atom stereocenters. The lowest BCUT2D eigenvalue weighted by atomic mass is 10.1. The molecule has 6 heteroatoms. The molecule has 0 atom stereocenters. The first-order valence-corrected chi connectivity index (χ1v) is 10.9. The molecular weight excluding hydrogens is 376 g/mol. The zero-order valence-electron chi connectivity index (χ0n) is 17.6. The molecule has 2 aromatic carbocycles. The van der Waals surface area contributed by atoms with Gasteiger partial charge in [0.25, 0.3) is 5.91 Å². The van der Waals surface area contributed by atoms with Crippen LogP contribution in [0.5, 0.6) is 0 Å². The first-order chi connectivity index (χ1) is 14.6. The van der Waals surface area contributed by atoms with E-state index in [4.69, 9.17) is 0 Å². The van der Waals surface area contributed by atoms with Crippen molar-refractivity contribution in [2.75, 3.05) is 50.0 Å². The minimum Gasteiger partial charge on any atom is -0.320 e. The number of carbonyl (C=O) groups excluding carboxylic acids is 2. The zero-order chi connectivity index (χ0) is 20.9. The van der Waals surface area contributed by atoms with E-state index in [2.05, 4.69) is 22.2 Å². The lowest BCUT2D eigenvalue weighted by Crippen LogP contribution is -2.44. The third-order valence-electron chi connectivity index (χ3n) is 5.99. The van der Waals surface area contributed by atoms with Gasteiger partial charge in [-0.05, 0) is 50.7 Å². The lowest BCUT2D eigenvalue weighted by Gasteiger charge is -2.32. The van der Waals surface area contributed by atoms with Gasteiger partial charge < -0.3 is 15.1 Å². The number of rotatable bonds is 6. The molecule has 1 fully saturated rings. The maximum absolute atomic E-state index is 13.3. The smallest absolute Gasteiger partial charge is 0.257 e. The Hall–Kier alpha value is -2.70. The number of unbranched alkanes of at least 4 members (excludes halogenated alkanes) is 2. The van der Waals surface area contributed by atoms with Crippen molar-refractivity contribution in [2.24, 2.45) is 0 Å². The van der Waals surface area contributed by atoms with Gasteiger partial charge in [-0.25, -0.2) is 0 Å². The van der Waals surface area contributed by atoms with E-state index in [1.807, 2.05) is 42.5 Å². The highest BCUT2D eigenvalue weighted by molar-refractivity contribution is 6.17. The van der Waals surface area contributed by atoms with Crippen molar-refractivity contribution in [1.82, 2.24) is 9.80 Å². The fourth-order valence-corrected chi connectivity index (χ4v) is 4.19. The van der Waals surface area contributed by atoms with Gasteiger partial charge in [-0.1, -0.05) is 30.7 Å². The van der Waals surface area contributed by atoms with Gasteiger partial charge in [-0.15, -0.1) is 0 Å². The van der Waals surface area contributed by atoms with Gasteiger partial charge in [0.15, 0.2) is 0 Å². The summed E-state index contributed by atoms with van der Waals surface area (Å²) in [4.78, 5) is 32.5. The minimum atomic E-state index is -0.180. The molecule has 1 saturated heterocycles. The van der Waals surface area contributed by atoms with E-state index < -0.39 is 0 Å². The molecular formula is C24H30N4O2. The fourth-order valence-electron chi connectivity index (χ4n) is 4.19. The highest BCUT2D eigenvalue weighted by atomic mass is 16.2. The topological polar surface area (TPSA) is 55.9 Å². The van der Waals surface area contributed by atoms with Gasteiger partial charge in [-0.3, -0.25) is 14.5 Å². The lowest BCUT2D eigenvalue weighted by molar-refractivity contribution is -0.118. The molecule has 2 heterocycles. The normalized spacial score (nSPS) is 17.1. The second-order valence-corrected chi connectivity index (χ2v) is 8.17. The first kappa shape index (κ1) is 20.6. The number of para-hydroxylation sites is 3. The summed E-state index contributed by atoms with van der Waals surface area (Å²) in [5.41, 5.74) is 2.58. The van der Waals surface area contributed by atoms with Gasteiger partial charge in [0.05, 0.1) is 22.6 Å². The number of nitrogens with zero attached hydrogens (tertiary/aromatic N) is 3. The van der Waals surface area contributed by atoms with Crippen molar-refractivity contribution in [3.8, 4) is 0 Å². The average molecular weight is 407 g/mol. The molecule has 6 nitrogen and oxygen atoms in total. The van der Waals surface area contributed by atoms with E-state index in [-0.39, 0.29) is 11.8 Å². The predicted octanol–water partition coefficient (Wildman–Crippen LogP) is 3.72. The summed E-state index contributed by atoms with van der Waals surface area (Å²) in [5, 5.41) is 2.94. The van der Waals surface area contributed by atoms with Gasteiger partial charge in [-0.2, -0.15) is 0 Å². The van der Waals surface area contributed by atoms with Crippen LogP contribution in [0.15, 0.2) is 48.5 Å².